The van der Waals surface area contributed by atoms with Gasteiger partial charge in [0.05, 0.1) is 11.1 Å². The summed E-state index contributed by atoms with van der Waals surface area (Å²) in [7, 11) is 0. The minimum absolute atomic E-state index is 0.451. The third kappa shape index (κ3) is 4.13. The number of benzene rings is 2. The Bertz CT molecular complexity index is 969. The molecule has 2 aromatic carbocycles. The summed E-state index contributed by atoms with van der Waals surface area (Å²) < 4.78 is 0. The Morgan fingerprint density at radius 2 is 1.93 bits per heavy atom. The van der Waals surface area contributed by atoms with Gasteiger partial charge in [-0.3, -0.25) is 4.79 Å². The number of amides is 1. The third-order valence-corrected chi connectivity index (χ3v) is 5.54. The number of hydrogen-bond acceptors (Lipinski definition) is 4. The van der Waals surface area contributed by atoms with Crippen LogP contribution in [0, 0.1) is 0 Å². The summed E-state index contributed by atoms with van der Waals surface area (Å²) in [6.07, 6.45) is 2.09. The number of aromatic nitrogens is 2. The van der Waals surface area contributed by atoms with E-state index in [1.165, 1.54) is 5.56 Å². The molecule has 0 aliphatic carbocycles. The van der Waals surface area contributed by atoms with Gasteiger partial charge in [-0.15, -0.1) is 0 Å². The van der Waals surface area contributed by atoms with Crippen LogP contribution in [-0.2, 0) is 6.42 Å². The molecule has 7 heteroatoms. The quantitative estimate of drug-likeness (QED) is 0.693. The Hall–Kier alpha value is -2.57. The van der Waals surface area contributed by atoms with Crippen LogP contribution in [0.3, 0.4) is 0 Å². The molecule has 0 saturated carbocycles. The molecule has 0 radical (unpaired) electrons. The van der Waals surface area contributed by atoms with Crippen molar-refractivity contribution in [1.82, 2.24) is 14.9 Å². The van der Waals surface area contributed by atoms with Crippen LogP contribution in [-0.4, -0.2) is 53.5 Å². The lowest BCUT2D eigenvalue weighted by atomic mass is 10.1. The standard InChI is InChI=1S/C21H24ClN5O/c22-16-7-5-15(6-8-16)9-12-26-10-2-11-27(14-13-26)21-24-18-4-1-3-17(20(23)28)19(18)25-21/h1,3-8H,2,9-14H2,(H2,23,28)(H,24,25). The average molecular weight is 398 g/mol. The summed E-state index contributed by atoms with van der Waals surface area (Å²) in [4.78, 5) is 24.4. The fourth-order valence-corrected chi connectivity index (χ4v) is 3.84. The van der Waals surface area contributed by atoms with E-state index in [4.69, 9.17) is 17.3 Å². The van der Waals surface area contributed by atoms with E-state index in [1.807, 2.05) is 24.3 Å². The number of primary amides is 1. The van der Waals surface area contributed by atoms with Crippen LogP contribution in [0.1, 0.15) is 22.3 Å². The van der Waals surface area contributed by atoms with Crippen molar-refractivity contribution in [2.75, 3.05) is 37.6 Å². The van der Waals surface area contributed by atoms with E-state index in [2.05, 4.69) is 31.9 Å². The molecule has 3 N–H and O–H groups in total. The molecule has 0 unspecified atom stereocenters. The SMILES string of the molecule is NC(=O)c1cccc2[nH]c(N3CCCN(CCc4ccc(Cl)cc4)CC3)nc12. The summed E-state index contributed by atoms with van der Waals surface area (Å²) in [5, 5.41) is 0.777. The van der Waals surface area contributed by atoms with Crippen LogP contribution in [0.4, 0.5) is 5.95 Å². The largest absolute Gasteiger partial charge is 0.366 e. The zero-order valence-corrected chi connectivity index (χ0v) is 16.5. The third-order valence-electron chi connectivity index (χ3n) is 5.28. The fraction of sp³-hybridized carbons (Fsp3) is 0.333. The first-order valence-electron chi connectivity index (χ1n) is 9.60. The van der Waals surface area contributed by atoms with E-state index in [0.29, 0.717) is 11.1 Å². The fourth-order valence-electron chi connectivity index (χ4n) is 3.71. The molecule has 1 amide bonds. The van der Waals surface area contributed by atoms with Crippen LogP contribution in [0.15, 0.2) is 42.5 Å². The minimum atomic E-state index is -0.451. The second-order valence-electron chi connectivity index (χ2n) is 7.19. The Morgan fingerprint density at radius 3 is 2.71 bits per heavy atom. The number of rotatable bonds is 5. The number of anilines is 1. The number of halogens is 1. The Kier molecular flexibility index (Phi) is 5.50. The number of para-hydroxylation sites is 1. The van der Waals surface area contributed by atoms with Crippen molar-refractivity contribution in [1.29, 1.82) is 0 Å². The summed E-state index contributed by atoms with van der Waals surface area (Å²) in [5.41, 5.74) is 8.73. The van der Waals surface area contributed by atoms with Crippen molar-refractivity contribution in [3.05, 3.63) is 58.6 Å². The van der Waals surface area contributed by atoms with Gasteiger partial charge in [0.1, 0.15) is 5.52 Å². The van der Waals surface area contributed by atoms with Gasteiger partial charge < -0.3 is 20.5 Å². The van der Waals surface area contributed by atoms with Gasteiger partial charge in [-0.25, -0.2) is 4.98 Å². The maximum atomic E-state index is 11.6. The second kappa shape index (κ2) is 8.20. The van der Waals surface area contributed by atoms with Crippen molar-refractivity contribution < 1.29 is 4.79 Å². The lowest BCUT2D eigenvalue weighted by Crippen LogP contribution is -2.32. The maximum absolute atomic E-state index is 11.6. The molecule has 1 fully saturated rings. The molecule has 1 aliphatic heterocycles. The number of nitrogens with two attached hydrogens (primary N) is 1. The molecular formula is C21H24ClN5O. The average Bonchev–Trinajstić information content (AvgIpc) is 2.99. The monoisotopic (exact) mass is 397 g/mol. The lowest BCUT2D eigenvalue weighted by Gasteiger charge is -2.21. The van der Waals surface area contributed by atoms with E-state index in [0.717, 1.165) is 62.1 Å². The molecule has 1 aliphatic rings. The Balaban J connectivity index is 1.41. The first-order chi connectivity index (χ1) is 13.6. The van der Waals surface area contributed by atoms with Crippen molar-refractivity contribution in [2.45, 2.75) is 12.8 Å². The van der Waals surface area contributed by atoms with E-state index >= 15 is 0 Å². The number of imidazole rings is 1. The molecule has 1 saturated heterocycles. The van der Waals surface area contributed by atoms with Gasteiger partial charge in [-0.05, 0) is 49.2 Å². The van der Waals surface area contributed by atoms with Gasteiger partial charge in [0, 0.05) is 31.2 Å². The first-order valence-corrected chi connectivity index (χ1v) is 9.98. The summed E-state index contributed by atoms with van der Waals surface area (Å²) in [6, 6.07) is 13.6. The van der Waals surface area contributed by atoms with E-state index < -0.39 is 5.91 Å². The Morgan fingerprint density at radius 1 is 1.11 bits per heavy atom. The molecule has 3 aromatic rings. The highest BCUT2D eigenvalue weighted by Gasteiger charge is 2.19. The molecular weight excluding hydrogens is 374 g/mol. The lowest BCUT2D eigenvalue weighted by molar-refractivity contribution is 0.100. The molecule has 0 bridgehead atoms. The highest BCUT2D eigenvalue weighted by molar-refractivity contribution is 6.30. The predicted molar refractivity (Wildman–Crippen MR) is 113 cm³/mol. The van der Waals surface area contributed by atoms with Gasteiger partial charge in [0.2, 0.25) is 5.95 Å². The molecule has 0 spiro atoms. The van der Waals surface area contributed by atoms with Crippen LogP contribution in [0.2, 0.25) is 5.02 Å². The normalized spacial score (nSPS) is 15.7. The van der Waals surface area contributed by atoms with E-state index in [-0.39, 0.29) is 0 Å². The van der Waals surface area contributed by atoms with Gasteiger partial charge in [0.15, 0.2) is 0 Å². The van der Waals surface area contributed by atoms with Crippen LogP contribution >= 0.6 is 11.6 Å². The number of fused-ring (bicyclic) bond motifs is 1. The number of carbonyl (C=O) groups excluding carboxylic acids is 1. The number of H-pyrrole nitrogens is 1. The zero-order chi connectivity index (χ0) is 19.5. The van der Waals surface area contributed by atoms with Crippen molar-refractivity contribution in [2.24, 2.45) is 5.73 Å². The molecule has 146 valence electrons. The highest BCUT2D eigenvalue weighted by atomic mass is 35.5. The van der Waals surface area contributed by atoms with Crippen LogP contribution in [0.25, 0.3) is 11.0 Å². The van der Waals surface area contributed by atoms with Crippen molar-refractivity contribution in [3.8, 4) is 0 Å². The number of carbonyl (C=O) groups is 1. The second-order valence-corrected chi connectivity index (χ2v) is 7.62. The molecule has 6 nitrogen and oxygen atoms in total. The topological polar surface area (TPSA) is 78.2 Å². The summed E-state index contributed by atoms with van der Waals surface area (Å²) in [5.74, 6) is 0.358. The highest BCUT2D eigenvalue weighted by Crippen LogP contribution is 2.22. The number of nitrogens with one attached hydrogen (secondary N) is 1. The Labute approximate surface area is 169 Å². The van der Waals surface area contributed by atoms with Crippen LogP contribution in [0.5, 0.6) is 0 Å². The number of nitrogens with zero attached hydrogens (tertiary/aromatic N) is 3. The summed E-state index contributed by atoms with van der Waals surface area (Å²) in [6.45, 7) is 4.90. The van der Waals surface area contributed by atoms with Crippen molar-refractivity contribution >= 4 is 34.5 Å². The smallest absolute Gasteiger partial charge is 0.250 e. The predicted octanol–water partition coefficient (Wildman–Crippen LogP) is 3.07. The van der Waals surface area contributed by atoms with Gasteiger partial charge in [-0.2, -0.15) is 0 Å². The maximum Gasteiger partial charge on any atom is 0.250 e. The van der Waals surface area contributed by atoms with Crippen molar-refractivity contribution in [3.63, 3.8) is 0 Å². The van der Waals surface area contributed by atoms with E-state index in [9.17, 15) is 4.79 Å². The first kappa shape index (κ1) is 18.8. The van der Waals surface area contributed by atoms with Gasteiger partial charge >= 0.3 is 0 Å². The molecule has 2 heterocycles. The van der Waals surface area contributed by atoms with Crippen LogP contribution < -0.4 is 10.6 Å². The molecule has 1 aromatic heterocycles. The molecule has 0 atom stereocenters. The van der Waals surface area contributed by atoms with E-state index in [1.54, 1.807) is 6.07 Å². The zero-order valence-electron chi connectivity index (χ0n) is 15.7. The minimum Gasteiger partial charge on any atom is -0.366 e. The summed E-state index contributed by atoms with van der Waals surface area (Å²) >= 11 is 5.96. The molecule has 28 heavy (non-hydrogen) atoms. The van der Waals surface area contributed by atoms with Gasteiger partial charge in [-0.1, -0.05) is 29.8 Å². The molecule has 4 rings (SSSR count). The van der Waals surface area contributed by atoms with Gasteiger partial charge in [0.25, 0.3) is 5.91 Å². The number of hydrogen-bond donors (Lipinski definition) is 2. The number of aromatic amines is 1.